The highest BCUT2D eigenvalue weighted by molar-refractivity contribution is 9.10. The van der Waals surface area contributed by atoms with Crippen LogP contribution >= 0.6 is 15.9 Å². The molecule has 2 rings (SSSR count). The fourth-order valence-electron chi connectivity index (χ4n) is 1.76. The predicted octanol–water partition coefficient (Wildman–Crippen LogP) is 1.96. The van der Waals surface area contributed by atoms with E-state index >= 15 is 0 Å². The van der Waals surface area contributed by atoms with Gasteiger partial charge in [-0.1, -0.05) is 15.9 Å². The molecule has 1 heterocycles. The van der Waals surface area contributed by atoms with Gasteiger partial charge in [0.1, 0.15) is 5.78 Å². The van der Waals surface area contributed by atoms with E-state index in [0.29, 0.717) is 11.3 Å². The van der Waals surface area contributed by atoms with Crippen molar-refractivity contribution >= 4 is 39.1 Å². The molecule has 0 atom stereocenters. The molecule has 17 heavy (non-hydrogen) atoms. The van der Waals surface area contributed by atoms with Crippen molar-refractivity contribution in [1.82, 2.24) is 0 Å². The molecule has 1 aliphatic rings. The van der Waals surface area contributed by atoms with Crippen LogP contribution in [0.5, 0.6) is 0 Å². The first-order valence-electron chi connectivity index (χ1n) is 5.16. The Morgan fingerprint density at radius 3 is 2.71 bits per heavy atom. The maximum Gasteiger partial charge on any atom is 0.299 e. The lowest BCUT2D eigenvalue weighted by atomic mass is 10.1. The van der Waals surface area contributed by atoms with Crippen molar-refractivity contribution < 1.29 is 14.4 Å². The van der Waals surface area contributed by atoms with Gasteiger partial charge in [0, 0.05) is 17.4 Å². The van der Waals surface area contributed by atoms with Crippen LogP contribution in [0.4, 0.5) is 5.69 Å². The maximum atomic E-state index is 11.7. The zero-order chi connectivity index (χ0) is 12.6. The summed E-state index contributed by atoms with van der Waals surface area (Å²) in [5.74, 6) is -1.07. The van der Waals surface area contributed by atoms with Gasteiger partial charge in [-0.05, 0) is 25.1 Å². The van der Waals surface area contributed by atoms with Crippen LogP contribution in [-0.4, -0.2) is 24.0 Å². The van der Waals surface area contributed by atoms with Gasteiger partial charge in [-0.2, -0.15) is 0 Å². The second kappa shape index (κ2) is 4.41. The molecule has 0 aromatic heterocycles. The molecule has 0 aliphatic carbocycles. The number of benzene rings is 1. The Kier molecular flexibility index (Phi) is 3.11. The summed E-state index contributed by atoms with van der Waals surface area (Å²) in [4.78, 5) is 35.7. The molecule has 0 saturated heterocycles. The minimum absolute atomic E-state index is 0.00584. The predicted molar refractivity (Wildman–Crippen MR) is 66.1 cm³/mol. The molecular formula is C12H10BrNO3. The summed E-state index contributed by atoms with van der Waals surface area (Å²) in [5.41, 5.74) is 0.984. The number of Topliss-reactive ketones (excluding diaryl/α,β-unsaturated/α-hetero) is 2. The highest BCUT2D eigenvalue weighted by atomic mass is 79.9. The molecule has 88 valence electrons. The average molecular weight is 296 g/mol. The molecule has 0 saturated carbocycles. The number of amides is 1. The third-order valence-corrected chi connectivity index (χ3v) is 3.12. The Labute approximate surface area is 107 Å². The van der Waals surface area contributed by atoms with Crippen LogP contribution in [0.3, 0.4) is 0 Å². The number of ketones is 2. The largest absolute Gasteiger partial charge is 0.304 e. The van der Waals surface area contributed by atoms with Gasteiger partial charge in [0.05, 0.1) is 11.3 Å². The van der Waals surface area contributed by atoms with Gasteiger partial charge in [0.2, 0.25) is 0 Å². The van der Waals surface area contributed by atoms with Crippen LogP contribution in [0, 0.1) is 0 Å². The summed E-state index contributed by atoms with van der Waals surface area (Å²) >= 11 is 3.30. The van der Waals surface area contributed by atoms with Crippen molar-refractivity contribution in [3.63, 3.8) is 0 Å². The highest BCUT2D eigenvalue weighted by Crippen LogP contribution is 2.31. The molecule has 0 radical (unpaired) electrons. The van der Waals surface area contributed by atoms with Crippen molar-refractivity contribution in [1.29, 1.82) is 0 Å². The van der Waals surface area contributed by atoms with Gasteiger partial charge in [-0.3, -0.25) is 14.4 Å². The molecule has 0 N–H and O–H groups in total. The minimum Gasteiger partial charge on any atom is -0.304 e. The van der Waals surface area contributed by atoms with Crippen molar-refractivity contribution in [2.45, 2.75) is 13.3 Å². The Balaban J connectivity index is 2.36. The quantitative estimate of drug-likeness (QED) is 0.801. The van der Waals surface area contributed by atoms with E-state index in [1.807, 2.05) is 0 Å². The highest BCUT2D eigenvalue weighted by Gasteiger charge is 2.35. The molecule has 1 aliphatic heterocycles. The molecule has 0 fully saturated rings. The van der Waals surface area contributed by atoms with Crippen LogP contribution in [0.15, 0.2) is 22.7 Å². The van der Waals surface area contributed by atoms with Crippen molar-refractivity contribution in [3.8, 4) is 0 Å². The number of nitrogens with zero attached hydrogens (tertiary/aromatic N) is 1. The third-order valence-electron chi connectivity index (χ3n) is 2.62. The normalized spacial score (nSPS) is 14.1. The molecule has 1 amide bonds. The van der Waals surface area contributed by atoms with E-state index in [1.165, 1.54) is 11.8 Å². The zero-order valence-corrected chi connectivity index (χ0v) is 10.8. The van der Waals surface area contributed by atoms with Crippen molar-refractivity contribution in [2.75, 3.05) is 11.4 Å². The smallest absolute Gasteiger partial charge is 0.299 e. The standard InChI is InChI=1S/C12H10BrNO3/c1-7(15)4-5-14-10-6-8(13)2-3-9(10)11(16)12(14)17/h2-3,6H,4-5H2,1H3. The van der Waals surface area contributed by atoms with E-state index in [2.05, 4.69) is 15.9 Å². The zero-order valence-electron chi connectivity index (χ0n) is 9.20. The van der Waals surface area contributed by atoms with Crippen LogP contribution in [0.25, 0.3) is 0 Å². The van der Waals surface area contributed by atoms with Gasteiger partial charge < -0.3 is 4.90 Å². The second-order valence-electron chi connectivity index (χ2n) is 3.90. The summed E-state index contributed by atoms with van der Waals surface area (Å²) in [6.07, 6.45) is 0.255. The Morgan fingerprint density at radius 1 is 1.35 bits per heavy atom. The van der Waals surface area contributed by atoms with Crippen molar-refractivity contribution in [3.05, 3.63) is 28.2 Å². The van der Waals surface area contributed by atoms with E-state index in [0.717, 1.165) is 4.47 Å². The van der Waals surface area contributed by atoms with Gasteiger partial charge in [-0.25, -0.2) is 0 Å². The monoisotopic (exact) mass is 295 g/mol. The molecule has 0 unspecified atom stereocenters. The van der Waals surface area contributed by atoms with Gasteiger partial charge >= 0.3 is 0 Å². The number of hydrogen-bond donors (Lipinski definition) is 0. The van der Waals surface area contributed by atoms with Gasteiger partial charge in [0.15, 0.2) is 0 Å². The van der Waals surface area contributed by atoms with E-state index in [9.17, 15) is 14.4 Å². The van der Waals surface area contributed by atoms with Gasteiger partial charge in [-0.15, -0.1) is 0 Å². The van der Waals surface area contributed by atoms with Crippen molar-refractivity contribution in [2.24, 2.45) is 0 Å². The summed E-state index contributed by atoms with van der Waals surface area (Å²) in [6.45, 7) is 1.72. The molecular weight excluding hydrogens is 286 g/mol. The lowest BCUT2D eigenvalue weighted by molar-refractivity contribution is -0.117. The third kappa shape index (κ3) is 2.15. The van der Waals surface area contributed by atoms with E-state index in [-0.39, 0.29) is 18.7 Å². The van der Waals surface area contributed by atoms with Crippen LogP contribution in [-0.2, 0) is 9.59 Å². The molecule has 1 aromatic carbocycles. The number of carbonyl (C=O) groups is 3. The number of fused-ring (bicyclic) bond motifs is 1. The summed E-state index contributed by atoms with van der Waals surface area (Å²) in [6, 6.07) is 5.06. The first-order chi connectivity index (χ1) is 8.00. The minimum atomic E-state index is -0.556. The van der Waals surface area contributed by atoms with Crippen LogP contribution in [0.2, 0.25) is 0 Å². The SMILES string of the molecule is CC(=O)CCN1C(=O)C(=O)c2ccc(Br)cc21. The first-order valence-corrected chi connectivity index (χ1v) is 5.95. The van der Waals surface area contributed by atoms with Gasteiger partial charge in [0.25, 0.3) is 11.7 Å². The lowest BCUT2D eigenvalue weighted by Gasteiger charge is -2.15. The molecule has 0 spiro atoms. The Bertz CT molecular complexity index is 524. The average Bonchev–Trinajstić information content (AvgIpc) is 2.49. The van der Waals surface area contributed by atoms with E-state index in [1.54, 1.807) is 18.2 Å². The first kappa shape index (κ1) is 12.0. The molecule has 1 aromatic rings. The fraction of sp³-hybridized carbons (Fsp3) is 0.250. The molecule has 4 nitrogen and oxygen atoms in total. The molecule has 0 bridgehead atoms. The number of hydrogen-bond acceptors (Lipinski definition) is 3. The maximum absolute atomic E-state index is 11.7. The Morgan fingerprint density at radius 2 is 2.06 bits per heavy atom. The molecule has 5 heteroatoms. The van der Waals surface area contributed by atoms with E-state index in [4.69, 9.17) is 0 Å². The van der Waals surface area contributed by atoms with E-state index < -0.39 is 11.7 Å². The number of halogens is 1. The number of rotatable bonds is 3. The fourth-order valence-corrected chi connectivity index (χ4v) is 2.11. The summed E-state index contributed by atoms with van der Waals surface area (Å²) in [5, 5.41) is 0. The van der Waals surface area contributed by atoms with Crippen LogP contribution in [0.1, 0.15) is 23.7 Å². The Hall–Kier alpha value is -1.49. The lowest BCUT2D eigenvalue weighted by Crippen LogP contribution is -2.31. The summed E-state index contributed by atoms with van der Waals surface area (Å²) < 4.78 is 0.798. The summed E-state index contributed by atoms with van der Waals surface area (Å²) in [7, 11) is 0. The van der Waals surface area contributed by atoms with Crippen LogP contribution < -0.4 is 4.90 Å². The second-order valence-corrected chi connectivity index (χ2v) is 4.82. The number of carbonyl (C=O) groups excluding carboxylic acids is 3. The number of anilines is 1. The topological polar surface area (TPSA) is 54.5 Å².